The molecule has 0 fully saturated rings. The summed E-state index contributed by atoms with van der Waals surface area (Å²) < 4.78 is 5.13. The van der Waals surface area contributed by atoms with Crippen molar-refractivity contribution in [3.63, 3.8) is 0 Å². The van der Waals surface area contributed by atoms with Gasteiger partial charge in [-0.05, 0) is 18.4 Å². The Kier molecular flexibility index (Phi) is 4.35. The molecule has 1 atom stereocenters. The van der Waals surface area contributed by atoms with Crippen LogP contribution in [0.4, 0.5) is 0 Å². The van der Waals surface area contributed by atoms with Crippen molar-refractivity contribution < 1.29 is 9.53 Å². The molecule has 0 aliphatic rings. The lowest BCUT2D eigenvalue weighted by Crippen LogP contribution is -2.06. The number of allylic oxidation sites excluding steroid dienone is 1. The first-order valence-corrected chi connectivity index (χ1v) is 4.99. The molecule has 0 saturated carbocycles. The molecule has 1 rings (SSSR count). The van der Waals surface area contributed by atoms with Gasteiger partial charge in [-0.15, -0.1) is 0 Å². The Morgan fingerprint density at radius 1 is 1.31 bits per heavy atom. The van der Waals surface area contributed by atoms with Crippen molar-refractivity contribution in [1.82, 2.24) is 0 Å². The van der Waals surface area contributed by atoms with Crippen molar-refractivity contribution >= 4 is 5.97 Å². The minimum atomic E-state index is -0.518. The molecule has 0 spiro atoms. The second-order valence-electron chi connectivity index (χ2n) is 3.45. The summed E-state index contributed by atoms with van der Waals surface area (Å²) in [7, 11) is 0. The highest BCUT2D eigenvalue weighted by Gasteiger charge is 2.10. The second-order valence-corrected chi connectivity index (χ2v) is 3.45. The average molecular weight is 214 g/mol. The van der Waals surface area contributed by atoms with E-state index in [0.29, 0.717) is 0 Å². The zero-order valence-corrected chi connectivity index (χ0v) is 9.49. The van der Waals surface area contributed by atoms with E-state index in [2.05, 4.69) is 18.4 Å². The van der Waals surface area contributed by atoms with Crippen molar-refractivity contribution in [3.8, 4) is 11.8 Å². The summed E-state index contributed by atoms with van der Waals surface area (Å²) in [5.41, 5.74) is 1.61. The van der Waals surface area contributed by atoms with E-state index in [1.54, 1.807) is 0 Å². The van der Waals surface area contributed by atoms with E-state index in [1.807, 2.05) is 37.3 Å². The minimum Gasteiger partial charge on any atom is -0.444 e. The van der Waals surface area contributed by atoms with Gasteiger partial charge in [0.05, 0.1) is 0 Å². The fourth-order valence-electron chi connectivity index (χ4n) is 1.16. The van der Waals surface area contributed by atoms with E-state index >= 15 is 0 Å². The van der Waals surface area contributed by atoms with Crippen LogP contribution in [0.15, 0.2) is 42.5 Å². The Morgan fingerprint density at radius 2 is 1.94 bits per heavy atom. The highest BCUT2D eigenvalue weighted by Crippen LogP contribution is 2.16. The molecule has 1 unspecified atom stereocenters. The largest absolute Gasteiger partial charge is 0.444 e. The minimum absolute atomic E-state index is 0.343. The molecule has 0 N–H and O–H groups in total. The number of carbonyl (C=O) groups is 1. The fraction of sp³-hybridized carbons (Fsp3) is 0.214. The van der Waals surface area contributed by atoms with Crippen LogP contribution in [0.25, 0.3) is 0 Å². The predicted octanol–water partition coefficient (Wildman–Crippen LogP) is 2.87. The maximum absolute atomic E-state index is 11.0. The number of ether oxygens (including phenoxy) is 1. The first kappa shape index (κ1) is 12.1. The normalized spacial score (nSPS) is 10.9. The molecule has 0 heterocycles. The lowest BCUT2D eigenvalue weighted by atomic mass is 10.1. The van der Waals surface area contributed by atoms with Crippen molar-refractivity contribution in [2.24, 2.45) is 0 Å². The first-order chi connectivity index (χ1) is 7.59. The highest BCUT2D eigenvalue weighted by atomic mass is 16.5. The van der Waals surface area contributed by atoms with Gasteiger partial charge in [-0.1, -0.05) is 42.8 Å². The molecule has 0 aliphatic heterocycles. The summed E-state index contributed by atoms with van der Waals surface area (Å²) in [5, 5.41) is 0. The van der Waals surface area contributed by atoms with Crippen LogP contribution >= 0.6 is 0 Å². The summed E-state index contributed by atoms with van der Waals surface area (Å²) in [6.45, 7) is 6.87. The summed E-state index contributed by atoms with van der Waals surface area (Å²) in [4.78, 5) is 11.0. The zero-order chi connectivity index (χ0) is 12.0. The SMILES string of the molecule is C=C(C)C#CC(OC(C)=O)c1ccccc1. The van der Waals surface area contributed by atoms with Crippen molar-refractivity contribution in [2.75, 3.05) is 0 Å². The van der Waals surface area contributed by atoms with Gasteiger partial charge in [0.25, 0.3) is 0 Å². The van der Waals surface area contributed by atoms with Crippen LogP contribution in [0.2, 0.25) is 0 Å². The molecule has 0 aliphatic carbocycles. The third kappa shape index (κ3) is 4.02. The Morgan fingerprint density at radius 3 is 2.44 bits per heavy atom. The molecule has 2 nitrogen and oxygen atoms in total. The van der Waals surface area contributed by atoms with E-state index in [9.17, 15) is 4.79 Å². The Hall–Kier alpha value is -2.01. The topological polar surface area (TPSA) is 26.3 Å². The number of esters is 1. The standard InChI is InChI=1S/C14H14O2/c1-11(2)9-10-14(16-12(3)15)13-7-5-4-6-8-13/h4-8,14H,1H2,2-3H3. The van der Waals surface area contributed by atoms with Gasteiger partial charge in [-0.3, -0.25) is 4.79 Å². The summed E-state index contributed by atoms with van der Waals surface area (Å²) >= 11 is 0. The maximum atomic E-state index is 11.0. The van der Waals surface area contributed by atoms with Crippen LogP contribution in [0.1, 0.15) is 25.5 Å². The lowest BCUT2D eigenvalue weighted by Gasteiger charge is -2.10. The number of carbonyl (C=O) groups excluding carboxylic acids is 1. The summed E-state index contributed by atoms with van der Waals surface area (Å²) in [6.07, 6.45) is -0.518. The van der Waals surface area contributed by atoms with Crippen LogP contribution in [-0.2, 0) is 9.53 Å². The molecule has 82 valence electrons. The molecule has 2 heteroatoms. The molecule has 0 radical (unpaired) electrons. The van der Waals surface area contributed by atoms with E-state index in [-0.39, 0.29) is 5.97 Å². The fourth-order valence-corrected chi connectivity index (χ4v) is 1.16. The van der Waals surface area contributed by atoms with Gasteiger partial charge in [-0.25, -0.2) is 0 Å². The molecule has 0 amide bonds. The van der Waals surface area contributed by atoms with Gasteiger partial charge < -0.3 is 4.74 Å². The molecular formula is C14H14O2. The van der Waals surface area contributed by atoms with Gasteiger partial charge in [0.1, 0.15) is 0 Å². The molecule has 0 saturated heterocycles. The van der Waals surface area contributed by atoms with E-state index < -0.39 is 6.10 Å². The van der Waals surface area contributed by atoms with Gasteiger partial charge in [0, 0.05) is 12.5 Å². The number of benzene rings is 1. The van der Waals surface area contributed by atoms with Crippen LogP contribution in [-0.4, -0.2) is 5.97 Å². The number of hydrogen-bond donors (Lipinski definition) is 0. The Bertz CT molecular complexity index is 435. The quantitative estimate of drug-likeness (QED) is 0.559. The van der Waals surface area contributed by atoms with Crippen molar-refractivity contribution in [3.05, 3.63) is 48.0 Å². The number of rotatable bonds is 2. The molecular weight excluding hydrogens is 200 g/mol. The number of hydrogen-bond acceptors (Lipinski definition) is 2. The van der Waals surface area contributed by atoms with E-state index in [0.717, 1.165) is 11.1 Å². The molecule has 1 aromatic rings. The van der Waals surface area contributed by atoms with E-state index in [4.69, 9.17) is 4.74 Å². The smallest absolute Gasteiger partial charge is 0.304 e. The van der Waals surface area contributed by atoms with Crippen molar-refractivity contribution in [1.29, 1.82) is 0 Å². The summed E-state index contributed by atoms with van der Waals surface area (Å²) in [5.74, 6) is 5.36. The average Bonchev–Trinajstić information content (AvgIpc) is 2.25. The van der Waals surface area contributed by atoms with Gasteiger partial charge in [-0.2, -0.15) is 0 Å². The summed E-state index contributed by atoms with van der Waals surface area (Å²) in [6, 6.07) is 9.42. The third-order valence-electron chi connectivity index (χ3n) is 1.80. The van der Waals surface area contributed by atoms with Gasteiger partial charge in [0.2, 0.25) is 0 Å². The molecule has 16 heavy (non-hydrogen) atoms. The van der Waals surface area contributed by atoms with Crippen LogP contribution < -0.4 is 0 Å². The molecule has 0 aromatic heterocycles. The van der Waals surface area contributed by atoms with E-state index in [1.165, 1.54) is 6.92 Å². The first-order valence-electron chi connectivity index (χ1n) is 4.99. The van der Waals surface area contributed by atoms with Gasteiger partial charge in [0.15, 0.2) is 6.10 Å². The maximum Gasteiger partial charge on any atom is 0.304 e. The van der Waals surface area contributed by atoms with Crippen LogP contribution in [0.3, 0.4) is 0 Å². The third-order valence-corrected chi connectivity index (χ3v) is 1.80. The van der Waals surface area contributed by atoms with Crippen LogP contribution in [0, 0.1) is 11.8 Å². The van der Waals surface area contributed by atoms with Crippen LogP contribution in [0.5, 0.6) is 0 Å². The van der Waals surface area contributed by atoms with Crippen molar-refractivity contribution in [2.45, 2.75) is 20.0 Å². The highest BCUT2D eigenvalue weighted by molar-refractivity contribution is 5.66. The predicted molar refractivity (Wildman–Crippen MR) is 63.5 cm³/mol. The second kappa shape index (κ2) is 5.77. The lowest BCUT2D eigenvalue weighted by molar-refractivity contribution is -0.144. The van der Waals surface area contributed by atoms with Gasteiger partial charge >= 0.3 is 5.97 Å². The zero-order valence-electron chi connectivity index (χ0n) is 9.49. The monoisotopic (exact) mass is 214 g/mol. The molecule has 1 aromatic carbocycles. The molecule has 0 bridgehead atoms. The Balaban J connectivity index is 2.93. The Labute approximate surface area is 95.9 Å².